The molecule has 0 spiro atoms. The first kappa shape index (κ1) is 17.5. The molecular weight excluding hydrogens is 314 g/mol. The SMILES string of the molecule is C=CCNC(=O)C(C)Oc1cc(C)c(S(=O)(=O)Cl)c(C)c1. The normalized spacial score (nSPS) is 12.6. The molecule has 1 rings (SSSR count). The molecular formula is C14H18ClNO4S. The number of hydrogen-bond donors (Lipinski definition) is 1. The molecule has 1 amide bonds. The van der Waals surface area contributed by atoms with Gasteiger partial charge in [0, 0.05) is 17.2 Å². The van der Waals surface area contributed by atoms with E-state index in [1.807, 2.05) is 0 Å². The Morgan fingerprint density at radius 3 is 2.38 bits per heavy atom. The van der Waals surface area contributed by atoms with Gasteiger partial charge in [-0.25, -0.2) is 8.42 Å². The van der Waals surface area contributed by atoms with E-state index in [1.165, 1.54) is 0 Å². The second-order valence-corrected chi connectivity index (χ2v) is 7.12. The highest BCUT2D eigenvalue weighted by molar-refractivity contribution is 8.13. The van der Waals surface area contributed by atoms with Crippen molar-refractivity contribution in [3.05, 3.63) is 35.9 Å². The topological polar surface area (TPSA) is 72.5 Å². The first-order chi connectivity index (χ1) is 9.66. The summed E-state index contributed by atoms with van der Waals surface area (Å²) in [5, 5.41) is 2.62. The summed E-state index contributed by atoms with van der Waals surface area (Å²) in [5.41, 5.74) is 0.942. The van der Waals surface area contributed by atoms with E-state index in [2.05, 4.69) is 11.9 Å². The van der Waals surface area contributed by atoms with Crippen molar-refractivity contribution in [2.45, 2.75) is 31.8 Å². The van der Waals surface area contributed by atoms with Crippen LogP contribution < -0.4 is 10.1 Å². The Kier molecular flexibility index (Phi) is 5.80. The first-order valence-electron chi connectivity index (χ1n) is 6.28. The third-order valence-corrected chi connectivity index (χ3v) is 4.37. The number of hydrogen-bond acceptors (Lipinski definition) is 4. The zero-order valence-electron chi connectivity index (χ0n) is 12.1. The minimum Gasteiger partial charge on any atom is -0.481 e. The smallest absolute Gasteiger partial charge is 0.261 e. The van der Waals surface area contributed by atoms with Gasteiger partial charge in [-0.1, -0.05) is 6.08 Å². The lowest BCUT2D eigenvalue weighted by atomic mass is 10.1. The molecule has 7 heteroatoms. The molecule has 21 heavy (non-hydrogen) atoms. The molecule has 1 N–H and O–H groups in total. The lowest BCUT2D eigenvalue weighted by molar-refractivity contribution is -0.127. The molecule has 0 radical (unpaired) electrons. The van der Waals surface area contributed by atoms with E-state index >= 15 is 0 Å². The molecule has 0 aliphatic heterocycles. The molecule has 0 aromatic heterocycles. The van der Waals surface area contributed by atoms with Gasteiger partial charge >= 0.3 is 0 Å². The van der Waals surface area contributed by atoms with E-state index in [4.69, 9.17) is 15.4 Å². The quantitative estimate of drug-likeness (QED) is 0.641. The summed E-state index contributed by atoms with van der Waals surface area (Å²) in [4.78, 5) is 11.8. The second-order valence-electron chi connectivity index (χ2n) is 4.62. The molecule has 1 atom stereocenters. The summed E-state index contributed by atoms with van der Waals surface area (Å²) in [6.45, 7) is 8.71. The van der Waals surface area contributed by atoms with Crippen LogP contribution in [0.4, 0.5) is 0 Å². The van der Waals surface area contributed by atoms with Crippen molar-refractivity contribution in [3.8, 4) is 5.75 Å². The Balaban J connectivity index is 2.97. The van der Waals surface area contributed by atoms with Crippen LogP contribution in [-0.2, 0) is 13.8 Å². The Labute approximate surface area is 129 Å². The molecule has 116 valence electrons. The average molecular weight is 332 g/mol. The maximum atomic E-state index is 11.7. The van der Waals surface area contributed by atoms with Gasteiger partial charge in [0.25, 0.3) is 15.0 Å². The fourth-order valence-electron chi connectivity index (χ4n) is 1.94. The highest BCUT2D eigenvalue weighted by Gasteiger charge is 2.19. The number of carbonyl (C=O) groups is 1. The van der Waals surface area contributed by atoms with Gasteiger partial charge in [0.2, 0.25) is 0 Å². The van der Waals surface area contributed by atoms with Crippen molar-refractivity contribution in [1.82, 2.24) is 5.32 Å². The van der Waals surface area contributed by atoms with Crippen LogP contribution in [0.3, 0.4) is 0 Å². The molecule has 0 aliphatic rings. The van der Waals surface area contributed by atoms with Gasteiger partial charge in [-0.15, -0.1) is 6.58 Å². The third kappa shape index (κ3) is 4.75. The van der Waals surface area contributed by atoms with Crippen LogP contribution in [0.25, 0.3) is 0 Å². The summed E-state index contributed by atoms with van der Waals surface area (Å²) >= 11 is 0. The van der Waals surface area contributed by atoms with E-state index in [1.54, 1.807) is 39.0 Å². The van der Waals surface area contributed by atoms with E-state index in [-0.39, 0.29) is 10.8 Å². The number of nitrogens with one attached hydrogen (secondary N) is 1. The zero-order valence-corrected chi connectivity index (χ0v) is 13.7. The van der Waals surface area contributed by atoms with Crippen LogP contribution in [0.5, 0.6) is 5.75 Å². The lowest BCUT2D eigenvalue weighted by Crippen LogP contribution is -2.36. The summed E-state index contributed by atoms with van der Waals surface area (Å²) < 4.78 is 28.5. The minimum absolute atomic E-state index is 0.0697. The number of amides is 1. The van der Waals surface area contributed by atoms with Gasteiger partial charge in [-0.2, -0.15) is 0 Å². The number of aryl methyl sites for hydroxylation is 2. The highest BCUT2D eigenvalue weighted by atomic mass is 35.7. The van der Waals surface area contributed by atoms with Crippen molar-refractivity contribution in [3.63, 3.8) is 0 Å². The number of benzene rings is 1. The van der Waals surface area contributed by atoms with Gasteiger partial charge in [0.15, 0.2) is 6.10 Å². The summed E-state index contributed by atoms with van der Waals surface area (Å²) in [6.07, 6.45) is 0.862. The van der Waals surface area contributed by atoms with Crippen LogP contribution in [-0.4, -0.2) is 27.0 Å². The van der Waals surface area contributed by atoms with Crippen molar-refractivity contribution in [1.29, 1.82) is 0 Å². The Morgan fingerprint density at radius 1 is 1.43 bits per heavy atom. The molecule has 0 aliphatic carbocycles. The molecule has 0 saturated carbocycles. The molecule has 0 heterocycles. The highest BCUT2D eigenvalue weighted by Crippen LogP contribution is 2.28. The summed E-state index contributed by atoms with van der Waals surface area (Å²) in [6, 6.07) is 3.08. The molecule has 5 nitrogen and oxygen atoms in total. The molecule has 0 fully saturated rings. The van der Waals surface area contributed by atoms with E-state index < -0.39 is 15.2 Å². The van der Waals surface area contributed by atoms with Crippen molar-refractivity contribution >= 4 is 25.6 Å². The fourth-order valence-corrected chi connectivity index (χ4v) is 3.55. The minimum atomic E-state index is -3.81. The molecule has 1 aromatic rings. The van der Waals surface area contributed by atoms with Crippen LogP contribution >= 0.6 is 10.7 Å². The summed E-state index contributed by atoms with van der Waals surface area (Å²) in [7, 11) is 1.58. The molecule has 0 saturated heterocycles. The van der Waals surface area contributed by atoms with Gasteiger partial charge < -0.3 is 10.1 Å². The number of ether oxygens (including phenoxy) is 1. The standard InChI is InChI=1S/C14H18ClNO4S/c1-5-6-16-14(17)11(4)20-12-7-9(2)13(10(3)8-12)21(15,18)19/h5,7-8,11H,1,6H2,2-4H3,(H,16,17). The predicted octanol–water partition coefficient (Wildman–Crippen LogP) is 2.30. The first-order valence-corrected chi connectivity index (χ1v) is 8.59. The van der Waals surface area contributed by atoms with Crippen molar-refractivity contribution < 1.29 is 17.9 Å². The van der Waals surface area contributed by atoms with E-state index in [9.17, 15) is 13.2 Å². The van der Waals surface area contributed by atoms with Gasteiger partial charge in [0.1, 0.15) is 5.75 Å². The third-order valence-electron chi connectivity index (χ3n) is 2.78. The average Bonchev–Trinajstić information content (AvgIpc) is 2.32. The fraction of sp³-hybridized carbons (Fsp3) is 0.357. The second kappa shape index (κ2) is 6.95. The van der Waals surface area contributed by atoms with Gasteiger partial charge in [-0.05, 0) is 44.0 Å². The van der Waals surface area contributed by atoms with Crippen LogP contribution in [0, 0.1) is 13.8 Å². The maximum Gasteiger partial charge on any atom is 0.261 e. The van der Waals surface area contributed by atoms with Gasteiger partial charge in [-0.3, -0.25) is 4.79 Å². The number of rotatable bonds is 6. The van der Waals surface area contributed by atoms with Crippen molar-refractivity contribution in [2.75, 3.05) is 6.54 Å². The summed E-state index contributed by atoms with van der Waals surface area (Å²) in [5.74, 6) is 0.134. The largest absolute Gasteiger partial charge is 0.481 e. The van der Waals surface area contributed by atoms with Crippen LogP contribution in [0.1, 0.15) is 18.1 Å². The number of halogens is 1. The Bertz CT molecular complexity index is 632. The van der Waals surface area contributed by atoms with Crippen LogP contribution in [0.15, 0.2) is 29.7 Å². The molecule has 1 unspecified atom stereocenters. The van der Waals surface area contributed by atoms with E-state index in [0.717, 1.165) is 0 Å². The monoisotopic (exact) mass is 331 g/mol. The molecule has 0 bridgehead atoms. The lowest BCUT2D eigenvalue weighted by Gasteiger charge is -2.16. The van der Waals surface area contributed by atoms with Gasteiger partial charge in [0.05, 0.1) is 4.90 Å². The van der Waals surface area contributed by atoms with E-state index in [0.29, 0.717) is 23.4 Å². The van der Waals surface area contributed by atoms with Crippen molar-refractivity contribution in [2.24, 2.45) is 0 Å². The predicted molar refractivity (Wildman–Crippen MR) is 82.3 cm³/mol. The zero-order chi connectivity index (χ0) is 16.2. The van der Waals surface area contributed by atoms with Crippen LogP contribution in [0.2, 0.25) is 0 Å². The number of carbonyl (C=O) groups excluding carboxylic acids is 1. The Morgan fingerprint density at radius 2 is 1.95 bits per heavy atom. The Hall–Kier alpha value is -1.53. The maximum absolute atomic E-state index is 11.7. The molecule has 1 aromatic carbocycles.